The summed E-state index contributed by atoms with van der Waals surface area (Å²) in [5.74, 6) is 1.22. The van der Waals surface area contributed by atoms with Gasteiger partial charge in [0, 0.05) is 29.2 Å². The van der Waals surface area contributed by atoms with E-state index in [4.69, 9.17) is 11.6 Å². The van der Waals surface area contributed by atoms with E-state index in [-0.39, 0.29) is 5.92 Å². The molecule has 4 heteroatoms. The molecule has 170 valence electrons. The largest absolute Gasteiger partial charge is 0.308 e. The van der Waals surface area contributed by atoms with Crippen molar-refractivity contribution < 1.29 is 4.79 Å². The number of likely N-dealkylation sites (tertiary alicyclic amines) is 1. The molecule has 0 bridgehead atoms. The third-order valence-electron chi connectivity index (χ3n) is 7.95. The summed E-state index contributed by atoms with van der Waals surface area (Å²) in [6.07, 6.45) is 10.3. The summed E-state index contributed by atoms with van der Waals surface area (Å²) < 4.78 is 0. The van der Waals surface area contributed by atoms with Gasteiger partial charge in [0.25, 0.3) is 0 Å². The molecule has 2 aliphatic heterocycles. The van der Waals surface area contributed by atoms with Crippen molar-refractivity contribution in [3.05, 3.63) is 64.7 Å². The van der Waals surface area contributed by atoms with Gasteiger partial charge in [-0.25, -0.2) is 0 Å². The zero-order chi connectivity index (χ0) is 21.9. The third kappa shape index (κ3) is 4.75. The second-order valence-corrected chi connectivity index (χ2v) is 10.4. The maximum Gasteiger partial charge on any atom is 0.230 e. The highest BCUT2D eigenvalue weighted by atomic mass is 35.5. The van der Waals surface area contributed by atoms with Gasteiger partial charge in [-0.2, -0.15) is 0 Å². The van der Waals surface area contributed by atoms with Crippen LogP contribution in [0.15, 0.2) is 48.5 Å². The van der Waals surface area contributed by atoms with Crippen LogP contribution in [0.4, 0.5) is 5.69 Å². The zero-order valence-corrected chi connectivity index (χ0v) is 19.8. The van der Waals surface area contributed by atoms with E-state index in [9.17, 15) is 4.79 Å². The minimum atomic E-state index is 0.216. The van der Waals surface area contributed by atoms with Crippen molar-refractivity contribution in [3.8, 4) is 0 Å². The lowest BCUT2D eigenvalue weighted by molar-refractivity contribution is -0.124. The van der Waals surface area contributed by atoms with Gasteiger partial charge >= 0.3 is 0 Å². The number of nitrogens with zero attached hydrogens (tertiary/aromatic N) is 2. The van der Waals surface area contributed by atoms with Crippen LogP contribution in [0.2, 0.25) is 5.02 Å². The van der Waals surface area contributed by atoms with Crippen LogP contribution < -0.4 is 4.90 Å². The molecule has 1 unspecified atom stereocenters. The number of hydrogen-bond acceptors (Lipinski definition) is 2. The van der Waals surface area contributed by atoms with Crippen LogP contribution >= 0.6 is 11.6 Å². The normalized spacial score (nSPS) is 23.2. The number of benzene rings is 2. The summed E-state index contributed by atoms with van der Waals surface area (Å²) in [7, 11) is 0. The highest BCUT2D eigenvalue weighted by Gasteiger charge is 2.36. The molecule has 2 heterocycles. The van der Waals surface area contributed by atoms with Gasteiger partial charge in [-0.15, -0.1) is 0 Å². The number of carbonyl (C=O) groups is 1. The van der Waals surface area contributed by atoms with Crippen LogP contribution in [0.3, 0.4) is 0 Å². The molecule has 2 aromatic rings. The Hall–Kier alpha value is -1.84. The number of piperidine rings is 1. The molecule has 2 aromatic carbocycles. The van der Waals surface area contributed by atoms with E-state index in [1.165, 1.54) is 48.9 Å². The highest BCUT2D eigenvalue weighted by Crippen LogP contribution is 2.36. The number of aryl methyl sites for hydroxylation is 1. The number of fused-ring (bicyclic) bond motifs is 1. The minimum Gasteiger partial charge on any atom is -0.308 e. The number of carbonyl (C=O) groups excluding carboxylic acids is 1. The molecule has 1 saturated carbocycles. The maximum absolute atomic E-state index is 13.7. The molecule has 0 N–H and O–H groups in total. The van der Waals surface area contributed by atoms with E-state index in [0.29, 0.717) is 17.9 Å². The van der Waals surface area contributed by atoms with Crippen molar-refractivity contribution in [1.82, 2.24) is 4.90 Å². The first kappa shape index (κ1) is 22.0. The molecule has 1 atom stereocenters. The molecule has 3 nitrogen and oxygen atoms in total. The van der Waals surface area contributed by atoms with Gasteiger partial charge in [-0.3, -0.25) is 4.79 Å². The predicted octanol–water partition coefficient (Wildman–Crippen LogP) is 6.45. The van der Waals surface area contributed by atoms with Crippen molar-refractivity contribution in [3.63, 3.8) is 0 Å². The molecule has 1 amide bonds. The molecular weight excluding hydrogens is 416 g/mol. The zero-order valence-electron chi connectivity index (χ0n) is 19.0. The van der Waals surface area contributed by atoms with E-state index in [2.05, 4.69) is 46.2 Å². The first-order chi connectivity index (χ1) is 15.7. The first-order valence-electron chi connectivity index (χ1n) is 12.6. The Morgan fingerprint density at radius 3 is 2.34 bits per heavy atom. The fraction of sp³-hybridized carbons (Fsp3) is 0.536. The molecule has 2 fully saturated rings. The van der Waals surface area contributed by atoms with E-state index in [1.807, 2.05) is 12.1 Å². The smallest absolute Gasteiger partial charge is 0.230 e. The lowest BCUT2D eigenvalue weighted by Gasteiger charge is -2.43. The van der Waals surface area contributed by atoms with Crippen LogP contribution in [0, 0.1) is 5.92 Å². The predicted molar refractivity (Wildman–Crippen MR) is 132 cm³/mol. The molecule has 0 aromatic heterocycles. The molecule has 32 heavy (non-hydrogen) atoms. The number of rotatable bonds is 4. The molecule has 0 spiro atoms. The summed E-state index contributed by atoms with van der Waals surface area (Å²) in [6.45, 7) is 3.22. The van der Waals surface area contributed by atoms with Gasteiger partial charge in [0.2, 0.25) is 5.91 Å². The van der Waals surface area contributed by atoms with Crippen LogP contribution in [0.5, 0.6) is 0 Å². The van der Waals surface area contributed by atoms with E-state index in [1.54, 1.807) is 0 Å². The van der Waals surface area contributed by atoms with E-state index in [0.717, 1.165) is 50.3 Å². The Labute approximate surface area is 197 Å². The van der Waals surface area contributed by atoms with Crippen molar-refractivity contribution in [2.45, 2.75) is 69.7 Å². The van der Waals surface area contributed by atoms with E-state index < -0.39 is 0 Å². The number of amides is 1. The Bertz CT molecular complexity index is 913. The topological polar surface area (TPSA) is 23.6 Å². The van der Waals surface area contributed by atoms with Gasteiger partial charge in [-0.05, 0) is 86.9 Å². The molecule has 1 saturated heterocycles. The SMILES string of the molecule is O=C(C1CCCCC1)N1c2ccccc2CCC1CN1CCC(c2ccc(Cl)cc2)CC1. The quantitative estimate of drug-likeness (QED) is 0.534. The number of hydrogen-bond donors (Lipinski definition) is 0. The molecular formula is C28H35ClN2O. The van der Waals surface area contributed by atoms with Gasteiger partial charge in [0.1, 0.15) is 0 Å². The maximum atomic E-state index is 13.7. The van der Waals surface area contributed by atoms with Crippen LogP contribution in [0.1, 0.15) is 68.4 Å². The van der Waals surface area contributed by atoms with Crippen molar-refractivity contribution in [2.75, 3.05) is 24.5 Å². The van der Waals surface area contributed by atoms with Gasteiger partial charge in [-0.1, -0.05) is 61.2 Å². The van der Waals surface area contributed by atoms with Gasteiger partial charge in [0.15, 0.2) is 0 Å². The summed E-state index contributed by atoms with van der Waals surface area (Å²) in [6, 6.07) is 17.3. The Kier molecular flexibility index (Phi) is 6.85. The summed E-state index contributed by atoms with van der Waals surface area (Å²) in [5.41, 5.74) is 3.93. The second kappa shape index (κ2) is 9.97. The third-order valence-corrected chi connectivity index (χ3v) is 8.20. The number of anilines is 1. The van der Waals surface area contributed by atoms with Gasteiger partial charge in [0.05, 0.1) is 0 Å². The van der Waals surface area contributed by atoms with Crippen molar-refractivity contribution in [1.29, 1.82) is 0 Å². The average molecular weight is 451 g/mol. The molecule has 3 aliphatic rings. The number of para-hydroxylation sites is 1. The molecule has 0 radical (unpaired) electrons. The second-order valence-electron chi connectivity index (χ2n) is 9.99. The lowest BCUT2D eigenvalue weighted by Crippen LogP contribution is -2.52. The van der Waals surface area contributed by atoms with Crippen LogP contribution in [-0.2, 0) is 11.2 Å². The van der Waals surface area contributed by atoms with Crippen LogP contribution in [-0.4, -0.2) is 36.5 Å². The molecule has 1 aliphatic carbocycles. The fourth-order valence-electron chi connectivity index (χ4n) is 6.10. The van der Waals surface area contributed by atoms with E-state index >= 15 is 0 Å². The van der Waals surface area contributed by atoms with Gasteiger partial charge < -0.3 is 9.80 Å². The Morgan fingerprint density at radius 2 is 1.59 bits per heavy atom. The number of halogens is 1. The summed E-state index contributed by atoms with van der Waals surface area (Å²) >= 11 is 6.07. The standard InChI is InChI=1S/C28H35ClN2O/c29-25-13-10-21(11-14-25)22-16-18-30(19-17-22)20-26-15-12-23-6-4-5-9-27(23)31(26)28(32)24-7-2-1-3-8-24/h4-6,9-11,13-14,22,24,26H,1-3,7-8,12,15-20H2. The summed E-state index contributed by atoms with van der Waals surface area (Å²) in [5, 5.41) is 0.812. The minimum absolute atomic E-state index is 0.216. The lowest BCUT2D eigenvalue weighted by atomic mass is 9.85. The average Bonchev–Trinajstić information content (AvgIpc) is 2.85. The monoisotopic (exact) mass is 450 g/mol. The summed E-state index contributed by atoms with van der Waals surface area (Å²) in [4.78, 5) is 18.6. The van der Waals surface area contributed by atoms with Crippen molar-refractivity contribution in [2.24, 2.45) is 5.92 Å². The highest BCUT2D eigenvalue weighted by molar-refractivity contribution is 6.30. The molecule has 5 rings (SSSR count). The first-order valence-corrected chi connectivity index (χ1v) is 13.0. The van der Waals surface area contributed by atoms with Crippen LogP contribution in [0.25, 0.3) is 0 Å². The van der Waals surface area contributed by atoms with Crippen molar-refractivity contribution >= 4 is 23.2 Å². The fourth-order valence-corrected chi connectivity index (χ4v) is 6.23. The Balaban J connectivity index is 1.28. The Morgan fingerprint density at radius 1 is 0.875 bits per heavy atom.